The molecule has 0 saturated heterocycles. The number of ether oxygens (including phenoxy) is 2. The van der Waals surface area contributed by atoms with E-state index in [2.05, 4.69) is 6.92 Å². The summed E-state index contributed by atoms with van der Waals surface area (Å²) in [5.74, 6) is -0.471. The summed E-state index contributed by atoms with van der Waals surface area (Å²) in [6.07, 6.45) is 7.42. The lowest BCUT2D eigenvalue weighted by atomic mass is 10.2. The minimum atomic E-state index is -0.252. The topological polar surface area (TPSA) is 52.6 Å². The van der Waals surface area contributed by atoms with Crippen LogP contribution in [0.3, 0.4) is 0 Å². The highest BCUT2D eigenvalue weighted by molar-refractivity contribution is 5.72. The highest BCUT2D eigenvalue weighted by Crippen LogP contribution is 2.05. The number of carbonyl (C=O) groups is 2. The monoisotopic (exact) mass is 334 g/mol. The smallest absolute Gasteiger partial charge is 0.305 e. The summed E-state index contributed by atoms with van der Waals surface area (Å²) in [4.78, 5) is 23.1. The molecular formula is C20H30O4. The number of unbranched alkanes of at least 4 members (excludes halogenated alkanes) is 4. The number of carbonyl (C=O) groups excluding carboxylic acids is 2. The summed E-state index contributed by atoms with van der Waals surface area (Å²) in [7, 11) is 0. The van der Waals surface area contributed by atoms with E-state index in [1.807, 2.05) is 30.3 Å². The third-order valence-electron chi connectivity index (χ3n) is 3.77. The Morgan fingerprint density at radius 3 is 2.08 bits per heavy atom. The van der Waals surface area contributed by atoms with E-state index < -0.39 is 0 Å². The predicted molar refractivity (Wildman–Crippen MR) is 94.7 cm³/mol. The molecule has 1 rings (SSSR count). The van der Waals surface area contributed by atoms with Crippen LogP contribution in [0.1, 0.15) is 63.9 Å². The molecule has 0 aliphatic heterocycles. The first-order valence-electron chi connectivity index (χ1n) is 9.07. The normalized spacial score (nSPS) is 10.4. The lowest BCUT2D eigenvalue weighted by Gasteiger charge is -2.06. The predicted octanol–water partition coefficient (Wildman–Crippen LogP) is 4.46. The first kappa shape index (κ1) is 20.2. The van der Waals surface area contributed by atoms with E-state index in [0.29, 0.717) is 26.1 Å². The van der Waals surface area contributed by atoms with E-state index in [-0.39, 0.29) is 24.8 Å². The van der Waals surface area contributed by atoms with Gasteiger partial charge in [-0.1, -0.05) is 62.9 Å². The number of rotatable bonds is 13. The van der Waals surface area contributed by atoms with Gasteiger partial charge in [-0.05, 0) is 18.4 Å². The molecule has 134 valence electrons. The number of esters is 2. The first-order chi connectivity index (χ1) is 11.7. The summed E-state index contributed by atoms with van der Waals surface area (Å²) in [6, 6.07) is 9.90. The second-order valence-corrected chi connectivity index (χ2v) is 5.94. The van der Waals surface area contributed by atoms with Crippen LogP contribution in [0.4, 0.5) is 0 Å². The van der Waals surface area contributed by atoms with E-state index in [0.717, 1.165) is 18.4 Å². The van der Waals surface area contributed by atoms with Gasteiger partial charge in [0.2, 0.25) is 0 Å². The Kier molecular flexibility index (Phi) is 11.4. The van der Waals surface area contributed by atoms with Gasteiger partial charge in [0.1, 0.15) is 0 Å². The fourth-order valence-electron chi connectivity index (χ4n) is 2.34. The van der Waals surface area contributed by atoms with Crippen LogP contribution in [0.5, 0.6) is 0 Å². The van der Waals surface area contributed by atoms with Gasteiger partial charge < -0.3 is 9.47 Å². The molecule has 1 aromatic carbocycles. The van der Waals surface area contributed by atoms with Crippen molar-refractivity contribution in [3.63, 3.8) is 0 Å². The molecule has 0 fully saturated rings. The molecule has 4 heteroatoms. The highest BCUT2D eigenvalue weighted by atomic mass is 16.5. The van der Waals surface area contributed by atoms with E-state index in [4.69, 9.17) is 9.47 Å². The van der Waals surface area contributed by atoms with Crippen LogP contribution < -0.4 is 0 Å². The van der Waals surface area contributed by atoms with E-state index in [1.165, 1.54) is 19.3 Å². The van der Waals surface area contributed by atoms with Crippen molar-refractivity contribution in [3.8, 4) is 0 Å². The van der Waals surface area contributed by atoms with Crippen molar-refractivity contribution in [1.82, 2.24) is 0 Å². The van der Waals surface area contributed by atoms with Gasteiger partial charge in [-0.25, -0.2) is 0 Å². The lowest BCUT2D eigenvalue weighted by molar-refractivity contribution is -0.145. The van der Waals surface area contributed by atoms with Gasteiger partial charge >= 0.3 is 11.9 Å². The SMILES string of the molecule is CCCCCCCOC(=O)CCCC(=O)OCCc1ccccc1. The van der Waals surface area contributed by atoms with Crippen LogP contribution in [-0.4, -0.2) is 25.2 Å². The van der Waals surface area contributed by atoms with Crippen LogP contribution >= 0.6 is 0 Å². The van der Waals surface area contributed by atoms with Gasteiger partial charge in [-0.2, -0.15) is 0 Å². The number of benzene rings is 1. The molecule has 0 aliphatic carbocycles. The second-order valence-electron chi connectivity index (χ2n) is 5.94. The molecule has 0 aromatic heterocycles. The van der Waals surface area contributed by atoms with Gasteiger partial charge in [0.25, 0.3) is 0 Å². The highest BCUT2D eigenvalue weighted by Gasteiger charge is 2.07. The van der Waals surface area contributed by atoms with Crippen LogP contribution in [0.25, 0.3) is 0 Å². The standard InChI is InChI=1S/C20H30O4/c1-2-3-4-5-9-16-23-19(21)13-10-14-20(22)24-17-15-18-11-7-6-8-12-18/h6-8,11-12H,2-5,9-10,13-17H2,1H3. The fourth-order valence-corrected chi connectivity index (χ4v) is 2.34. The molecule has 0 unspecified atom stereocenters. The fraction of sp³-hybridized carbons (Fsp3) is 0.600. The Labute approximate surface area is 145 Å². The van der Waals surface area contributed by atoms with Crippen molar-refractivity contribution in [1.29, 1.82) is 0 Å². The molecule has 0 spiro atoms. The molecule has 0 radical (unpaired) electrons. The van der Waals surface area contributed by atoms with Crippen molar-refractivity contribution < 1.29 is 19.1 Å². The van der Waals surface area contributed by atoms with Crippen molar-refractivity contribution in [2.75, 3.05) is 13.2 Å². The van der Waals surface area contributed by atoms with Crippen molar-refractivity contribution in [3.05, 3.63) is 35.9 Å². The van der Waals surface area contributed by atoms with Crippen LogP contribution in [0.15, 0.2) is 30.3 Å². The third kappa shape index (κ3) is 10.8. The maximum absolute atomic E-state index is 11.6. The Morgan fingerprint density at radius 1 is 0.792 bits per heavy atom. The zero-order valence-corrected chi connectivity index (χ0v) is 14.8. The van der Waals surface area contributed by atoms with Crippen molar-refractivity contribution >= 4 is 11.9 Å². The summed E-state index contributed by atoms with van der Waals surface area (Å²) in [5, 5.41) is 0. The number of hydrogen-bond acceptors (Lipinski definition) is 4. The minimum absolute atomic E-state index is 0.220. The molecular weight excluding hydrogens is 304 g/mol. The summed E-state index contributed by atoms with van der Waals surface area (Å²) in [5.41, 5.74) is 1.15. The summed E-state index contributed by atoms with van der Waals surface area (Å²) in [6.45, 7) is 3.04. The van der Waals surface area contributed by atoms with Crippen molar-refractivity contribution in [2.24, 2.45) is 0 Å². The average Bonchev–Trinajstić information content (AvgIpc) is 2.59. The largest absolute Gasteiger partial charge is 0.466 e. The van der Waals surface area contributed by atoms with Crippen LogP contribution in [-0.2, 0) is 25.5 Å². The number of hydrogen-bond donors (Lipinski definition) is 0. The maximum Gasteiger partial charge on any atom is 0.305 e. The molecule has 24 heavy (non-hydrogen) atoms. The second kappa shape index (κ2) is 13.6. The van der Waals surface area contributed by atoms with Gasteiger partial charge in [0.05, 0.1) is 13.2 Å². The average molecular weight is 334 g/mol. The van der Waals surface area contributed by atoms with Crippen molar-refractivity contribution in [2.45, 2.75) is 64.7 Å². The summed E-state index contributed by atoms with van der Waals surface area (Å²) < 4.78 is 10.3. The Bertz CT molecular complexity index is 456. The van der Waals surface area contributed by atoms with Gasteiger partial charge in [-0.3, -0.25) is 9.59 Å². The first-order valence-corrected chi connectivity index (χ1v) is 9.07. The molecule has 0 aliphatic rings. The van der Waals surface area contributed by atoms with Crippen LogP contribution in [0.2, 0.25) is 0 Å². The third-order valence-corrected chi connectivity index (χ3v) is 3.77. The Hall–Kier alpha value is -1.84. The molecule has 0 heterocycles. The summed E-state index contributed by atoms with van der Waals surface area (Å²) >= 11 is 0. The Balaban J connectivity index is 1.95. The van der Waals surface area contributed by atoms with E-state index in [9.17, 15) is 9.59 Å². The quantitative estimate of drug-likeness (QED) is 0.395. The lowest BCUT2D eigenvalue weighted by Crippen LogP contribution is -2.10. The maximum atomic E-state index is 11.6. The van der Waals surface area contributed by atoms with E-state index >= 15 is 0 Å². The molecule has 0 atom stereocenters. The molecule has 0 amide bonds. The van der Waals surface area contributed by atoms with Crippen LogP contribution in [0, 0.1) is 0 Å². The molecule has 0 N–H and O–H groups in total. The molecule has 4 nitrogen and oxygen atoms in total. The zero-order chi connectivity index (χ0) is 17.5. The van der Waals surface area contributed by atoms with Gasteiger partial charge in [0.15, 0.2) is 0 Å². The molecule has 1 aromatic rings. The zero-order valence-electron chi connectivity index (χ0n) is 14.8. The minimum Gasteiger partial charge on any atom is -0.466 e. The molecule has 0 saturated carbocycles. The molecule has 0 bridgehead atoms. The Morgan fingerprint density at radius 2 is 1.42 bits per heavy atom. The van der Waals surface area contributed by atoms with Gasteiger partial charge in [0, 0.05) is 19.3 Å². The van der Waals surface area contributed by atoms with Gasteiger partial charge in [-0.15, -0.1) is 0 Å². The van der Waals surface area contributed by atoms with E-state index in [1.54, 1.807) is 0 Å².